The fraction of sp³-hybridized carbons (Fsp3) is 0.333. The van der Waals surface area contributed by atoms with Gasteiger partial charge in [0.2, 0.25) is 0 Å². The molecular weight excluding hydrogens is 190 g/mol. The van der Waals surface area contributed by atoms with Gasteiger partial charge < -0.3 is 5.73 Å². The molecule has 72 valence electrons. The Kier molecular flexibility index (Phi) is 2.81. The molecule has 1 aliphatic heterocycles. The topological polar surface area (TPSA) is 26.0 Å². The minimum atomic E-state index is 0.123. The van der Waals surface area contributed by atoms with Crippen molar-refractivity contribution in [1.29, 1.82) is 0 Å². The summed E-state index contributed by atoms with van der Waals surface area (Å²) in [4.78, 5) is 1.37. The molecule has 1 aliphatic rings. The second kappa shape index (κ2) is 4.08. The molecule has 0 radical (unpaired) electrons. The largest absolute Gasteiger partial charge is 0.326 e. The molecule has 2 rings (SSSR count). The molecule has 0 saturated carbocycles. The Balaban J connectivity index is 2.08. The standard InChI is InChI=1S/C12H13NS/c1-2-5-10(13)12-8-9-6-3-4-7-11(9)14-12/h1,3-4,6-7,10,12H,5,8,13H2. The number of nitrogens with two attached hydrogens (primary N) is 1. The van der Waals surface area contributed by atoms with Crippen LogP contribution in [0.1, 0.15) is 12.0 Å². The quantitative estimate of drug-likeness (QED) is 0.744. The zero-order valence-electron chi connectivity index (χ0n) is 7.94. The summed E-state index contributed by atoms with van der Waals surface area (Å²) in [7, 11) is 0. The molecule has 0 spiro atoms. The van der Waals surface area contributed by atoms with Gasteiger partial charge in [-0.25, -0.2) is 0 Å². The van der Waals surface area contributed by atoms with E-state index in [0.29, 0.717) is 11.7 Å². The Morgan fingerprint density at radius 1 is 1.57 bits per heavy atom. The zero-order valence-corrected chi connectivity index (χ0v) is 8.76. The van der Waals surface area contributed by atoms with Gasteiger partial charge in [-0.1, -0.05) is 18.2 Å². The summed E-state index contributed by atoms with van der Waals surface area (Å²) in [6, 6.07) is 8.60. The highest BCUT2D eigenvalue weighted by Crippen LogP contribution is 2.38. The van der Waals surface area contributed by atoms with E-state index in [1.807, 2.05) is 11.8 Å². The first-order chi connectivity index (χ1) is 6.81. The van der Waals surface area contributed by atoms with Crippen LogP contribution in [0, 0.1) is 12.3 Å². The van der Waals surface area contributed by atoms with Gasteiger partial charge in [0.1, 0.15) is 0 Å². The highest BCUT2D eigenvalue weighted by atomic mass is 32.2. The van der Waals surface area contributed by atoms with Gasteiger partial charge in [-0.3, -0.25) is 0 Å². The molecule has 0 aliphatic carbocycles. The Hall–Kier alpha value is -0.910. The maximum absolute atomic E-state index is 6.01. The first-order valence-electron chi connectivity index (χ1n) is 4.75. The molecule has 0 amide bonds. The Labute approximate surface area is 89.1 Å². The molecule has 1 aromatic carbocycles. The Morgan fingerprint density at radius 2 is 2.36 bits per heavy atom. The Bertz CT molecular complexity index is 342. The second-order valence-corrected chi connectivity index (χ2v) is 4.82. The fourth-order valence-electron chi connectivity index (χ4n) is 1.72. The highest BCUT2D eigenvalue weighted by Gasteiger charge is 2.26. The molecule has 1 heterocycles. The minimum Gasteiger partial charge on any atom is -0.326 e. The smallest absolute Gasteiger partial charge is 0.0296 e. The first-order valence-corrected chi connectivity index (χ1v) is 5.63. The molecular formula is C12H13NS. The molecule has 2 heteroatoms. The van der Waals surface area contributed by atoms with Crippen LogP contribution in [0.15, 0.2) is 29.2 Å². The molecule has 0 aromatic heterocycles. The molecule has 14 heavy (non-hydrogen) atoms. The third-order valence-corrected chi connectivity index (χ3v) is 3.97. The lowest BCUT2D eigenvalue weighted by Crippen LogP contribution is -2.31. The van der Waals surface area contributed by atoms with E-state index in [2.05, 4.69) is 30.2 Å². The number of hydrogen-bond donors (Lipinski definition) is 1. The van der Waals surface area contributed by atoms with Crippen molar-refractivity contribution in [1.82, 2.24) is 0 Å². The second-order valence-electron chi connectivity index (χ2n) is 3.54. The van der Waals surface area contributed by atoms with Crippen molar-refractivity contribution in [2.75, 3.05) is 0 Å². The third-order valence-electron chi connectivity index (χ3n) is 2.50. The van der Waals surface area contributed by atoms with Gasteiger partial charge in [0, 0.05) is 22.6 Å². The Morgan fingerprint density at radius 3 is 3.07 bits per heavy atom. The maximum atomic E-state index is 6.01. The zero-order chi connectivity index (χ0) is 9.97. The fourth-order valence-corrected chi connectivity index (χ4v) is 3.04. The van der Waals surface area contributed by atoms with Crippen molar-refractivity contribution in [3.63, 3.8) is 0 Å². The van der Waals surface area contributed by atoms with Gasteiger partial charge in [-0.2, -0.15) is 0 Å². The molecule has 1 nitrogen and oxygen atoms in total. The molecule has 2 atom stereocenters. The molecule has 0 bridgehead atoms. The lowest BCUT2D eigenvalue weighted by atomic mass is 10.0. The highest BCUT2D eigenvalue weighted by molar-refractivity contribution is 8.00. The van der Waals surface area contributed by atoms with Crippen molar-refractivity contribution in [3.05, 3.63) is 29.8 Å². The normalized spacial score (nSPS) is 21.3. The van der Waals surface area contributed by atoms with E-state index in [9.17, 15) is 0 Å². The minimum absolute atomic E-state index is 0.123. The molecule has 0 saturated heterocycles. The number of benzene rings is 1. The van der Waals surface area contributed by atoms with E-state index in [1.54, 1.807) is 0 Å². The monoisotopic (exact) mass is 203 g/mol. The number of thioether (sulfide) groups is 1. The van der Waals surface area contributed by atoms with E-state index in [4.69, 9.17) is 12.2 Å². The van der Waals surface area contributed by atoms with Crippen LogP contribution < -0.4 is 5.73 Å². The van der Waals surface area contributed by atoms with Crippen molar-refractivity contribution in [3.8, 4) is 12.3 Å². The van der Waals surface area contributed by atoms with Crippen LogP contribution in [0.3, 0.4) is 0 Å². The summed E-state index contributed by atoms with van der Waals surface area (Å²) in [5.41, 5.74) is 7.42. The van der Waals surface area contributed by atoms with Gasteiger partial charge in [0.05, 0.1) is 0 Å². The lowest BCUT2D eigenvalue weighted by molar-refractivity contribution is 0.653. The SMILES string of the molecule is C#CCC(N)C1Cc2ccccc2S1. The average Bonchev–Trinajstić information content (AvgIpc) is 2.61. The van der Waals surface area contributed by atoms with Crippen LogP contribution in [-0.2, 0) is 6.42 Å². The van der Waals surface area contributed by atoms with Crippen molar-refractivity contribution >= 4 is 11.8 Å². The third kappa shape index (κ3) is 1.79. The van der Waals surface area contributed by atoms with Crippen molar-refractivity contribution in [2.45, 2.75) is 29.0 Å². The van der Waals surface area contributed by atoms with Gasteiger partial charge in [-0.15, -0.1) is 24.1 Å². The summed E-state index contributed by atoms with van der Waals surface area (Å²) >= 11 is 1.86. The lowest BCUT2D eigenvalue weighted by Gasteiger charge is -2.14. The number of terminal acetylenes is 1. The average molecular weight is 203 g/mol. The molecule has 2 N–H and O–H groups in total. The van der Waals surface area contributed by atoms with E-state index in [1.165, 1.54) is 10.5 Å². The van der Waals surface area contributed by atoms with Crippen LogP contribution >= 0.6 is 11.8 Å². The summed E-state index contributed by atoms with van der Waals surface area (Å²) in [5, 5.41) is 0.462. The van der Waals surface area contributed by atoms with Crippen molar-refractivity contribution in [2.24, 2.45) is 5.73 Å². The predicted molar refractivity (Wildman–Crippen MR) is 61.2 cm³/mol. The number of fused-ring (bicyclic) bond motifs is 1. The molecule has 1 aromatic rings. The van der Waals surface area contributed by atoms with Gasteiger partial charge in [0.15, 0.2) is 0 Å². The van der Waals surface area contributed by atoms with Gasteiger partial charge in [-0.05, 0) is 18.1 Å². The summed E-state index contributed by atoms with van der Waals surface area (Å²) < 4.78 is 0. The van der Waals surface area contributed by atoms with E-state index in [0.717, 1.165) is 6.42 Å². The van der Waals surface area contributed by atoms with E-state index >= 15 is 0 Å². The van der Waals surface area contributed by atoms with Crippen LogP contribution in [0.5, 0.6) is 0 Å². The van der Waals surface area contributed by atoms with Crippen LogP contribution in [0.4, 0.5) is 0 Å². The summed E-state index contributed by atoms with van der Waals surface area (Å²) in [5.74, 6) is 2.63. The maximum Gasteiger partial charge on any atom is 0.0296 e. The van der Waals surface area contributed by atoms with Gasteiger partial charge in [0.25, 0.3) is 0 Å². The van der Waals surface area contributed by atoms with Crippen LogP contribution in [-0.4, -0.2) is 11.3 Å². The molecule has 2 unspecified atom stereocenters. The molecule has 0 fully saturated rings. The summed E-state index contributed by atoms with van der Waals surface area (Å²) in [6.45, 7) is 0. The van der Waals surface area contributed by atoms with Gasteiger partial charge >= 0.3 is 0 Å². The van der Waals surface area contributed by atoms with E-state index < -0.39 is 0 Å². The van der Waals surface area contributed by atoms with E-state index in [-0.39, 0.29) is 6.04 Å². The summed E-state index contributed by atoms with van der Waals surface area (Å²) in [6.07, 6.45) is 6.99. The predicted octanol–water partition coefficient (Wildman–Crippen LogP) is 2.05. The number of hydrogen-bond acceptors (Lipinski definition) is 2. The van der Waals surface area contributed by atoms with Crippen LogP contribution in [0.2, 0.25) is 0 Å². The van der Waals surface area contributed by atoms with Crippen molar-refractivity contribution < 1.29 is 0 Å². The first kappa shape index (κ1) is 9.64. The number of rotatable bonds is 2. The van der Waals surface area contributed by atoms with Crippen LogP contribution in [0.25, 0.3) is 0 Å².